The molecule has 0 saturated carbocycles. The van der Waals surface area contributed by atoms with Gasteiger partial charge in [0, 0.05) is 4.47 Å². The molecule has 0 fully saturated rings. The van der Waals surface area contributed by atoms with Crippen molar-refractivity contribution in [2.45, 2.75) is 0 Å². The van der Waals surface area contributed by atoms with Crippen molar-refractivity contribution in [2.24, 2.45) is 0 Å². The maximum atomic E-state index is 3.57. The summed E-state index contributed by atoms with van der Waals surface area (Å²) in [6, 6.07) is 28.5. The average Bonchev–Trinajstić information content (AvgIpc) is 2.91. The van der Waals surface area contributed by atoms with Crippen LogP contribution in [0.4, 0.5) is 0 Å². The molecule has 5 rings (SSSR count). The fourth-order valence-electron chi connectivity index (χ4n) is 3.64. The maximum Gasteiger partial charge on any atom is 0.0181 e. The molecule has 0 unspecified atom stereocenters. The lowest BCUT2D eigenvalue weighted by Crippen LogP contribution is -1.81. The van der Waals surface area contributed by atoms with Crippen molar-refractivity contribution in [3.05, 3.63) is 83.3 Å². The van der Waals surface area contributed by atoms with Crippen molar-refractivity contribution in [2.75, 3.05) is 0 Å². The molecule has 0 aromatic heterocycles. The normalized spacial score (nSPS) is 11.7. The molecule has 4 aromatic rings. The molecular formula is C22H13Br. The van der Waals surface area contributed by atoms with Gasteiger partial charge >= 0.3 is 0 Å². The Balaban J connectivity index is 1.79. The molecule has 23 heavy (non-hydrogen) atoms. The lowest BCUT2D eigenvalue weighted by Gasteiger charge is -2.07. The number of halogens is 1. The quantitative estimate of drug-likeness (QED) is 0.306. The highest BCUT2D eigenvalue weighted by Gasteiger charge is 2.21. The smallest absolute Gasteiger partial charge is 0.0181 e. The molecule has 1 aliphatic carbocycles. The van der Waals surface area contributed by atoms with Crippen LogP contribution >= 0.6 is 15.9 Å². The summed E-state index contributed by atoms with van der Waals surface area (Å²) in [4.78, 5) is 0. The lowest BCUT2D eigenvalue weighted by atomic mass is 9.97. The molecule has 1 heteroatoms. The molecule has 0 spiro atoms. The van der Waals surface area contributed by atoms with Gasteiger partial charge in [0.2, 0.25) is 0 Å². The third-order valence-corrected chi connectivity index (χ3v) is 5.16. The molecule has 0 saturated heterocycles. The Morgan fingerprint density at radius 1 is 0.522 bits per heavy atom. The van der Waals surface area contributed by atoms with Crippen LogP contribution in [0.5, 0.6) is 0 Å². The number of hydrogen-bond donors (Lipinski definition) is 0. The van der Waals surface area contributed by atoms with Gasteiger partial charge in [-0.2, -0.15) is 0 Å². The highest BCUT2D eigenvalue weighted by Crippen LogP contribution is 2.48. The van der Waals surface area contributed by atoms with E-state index >= 15 is 0 Å². The Labute approximate surface area is 143 Å². The van der Waals surface area contributed by atoms with Crippen molar-refractivity contribution < 1.29 is 0 Å². The topological polar surface area (TPSA) is 0 Å². The number of benzene rings is 4. The van der Waals surface area contributed by atoms with E-state index in [9.17, 15) is 0 Å². The zero-order valence-electron chi connectivity index (χ0n) is 12.4. The molecule has 0 bridgehead atoms. The largest absolute Gasteiger partial charge is 0.0610 e. The molecule has 1 aliphatic rings. The van der Waals surface area contributed by atoms with Crippen LogP contribution in [-0.4, -0.2) is 0 Å². The predicted octanol–water partition coefficient (Wildman–Crippen LogP) is 6.92. The molecule has 0 N–H and O–H groups in total. The van der Waals surface area contributed by atoms with Crippen LogP contribution in [0.2, 0.25) is 0 Å². The number of rotatable bonds is 1. The van der Waals surface area contributed by atoms with Gasteiger partial charge in [-0.25, -0.2) is 0 Å². The van der Waals surface area contributed by atoms with Crippen LogP contribution in [0.1, 0.15) is 0 Å². The first-order valence-corrected chi connectivity index (χ1v) is 8.53. The SMILES string of the molecule is Brc1cccc(-c2ccc3c(c2)-c2cccc4cccc-3c24)c1. The van der Waals surface area contributed by atoms with Crippen LogP contribution in [0.3, 0.4) is 0 Å². The van der Waals surface area contributed by atoms with E-state index in [4.69, 9.17) is 0 Å². The Morgan fingerprint density at radius 3 is 2.00 bits per heavy atom. The molecule has 0 nitrogen and oxygen atoms in total. The van der Waals surface area contributed by atoms with Crippen molar-refractivity contribution in [1.82, 2.24) is 0 Å². The second-order valence-electron chi connectivity index (χ2n) is 5.98. The van der Waals surface area contributed by atoms with Gasteiger partial charge in [-0.15, -0.1) is 0 Å². The van der Waals surface area contributed by atoms with Gasteiger partial charge in [-0.3, -0.25) is 0 Å². The molecule has 0 radical (unpaired) electrons. The summed E-state index contributed by atoms with van der Waals surface area (Å²) in [5.74, 6) is 0. The first kappa shape index (κ1) is 13.1. The van der Waals surface area contributed by atoms with E-state index in [-0.39, 0.29) is 0 Å². The van der Waals surface area contributed by atoms with E-state index in [1.165, 1.54) is 44.2 Å². The standard InChI is InChI=1S/C22H13Br/c23-17-7-1-6-15(12-17)16-10-11-18-19-8-2-4-14-5-3-9-20(22(14)19)21(18)13-16/h1-13H. The van der Waals surface area contributed by atoms with Gasteiger partial charge in [-0.05, 0) is 62.4 Å². The molecular weight excluding hydrogens is 344 g/mol. The second kappa shape index (κ2) is 4.81. The third-order valence-electron chi connectivity index (χ3n) is 4.66. The monoisotopic (exact) mass is 356 g/mol. The lowest BCUT2D eigenvalue weighted by molar-refractivity contribution is 1.59. The molecule has 108 valence electrons. The minimum atomic E-state index is 1.11. The van der Waals surface area contributed by atoms with Gasteiger partial charge in [0.1, 0.15) is 0 Å². The summed E-state index contributed by atoms with van der Waals surface area (Å²) in [7, 11) is 0. The maximum absolute atomic E-state index is 3.57. The van der Waals surface area contributed by atoms with Gasteiger partial charge in [0.15, 0.2) is 0 Å². The van der Waals surface area contributed by atoms with Gasteiger partial charge in [0.05, 0.1) is 0 Å². The van der Waals surface area contributed by atoms with E-state index in [1.807, 2.05) is 0 Å². The summed E-state index contributed by atoms with van der Waals surface area (Å²) in [5.41, 5.74) is 7.89. The molecule has 4 aromatic carbocycles. The van der Waals surface area contributed by atoms with E-state index in [0.29, 0.717) is 0 Å². The average molecular weight is 357 g/mol. The molecule has 0 atom stereocenters. The zero-order chi connectivity index (χ0) is 15.4. The summed E-state index contributed by atoms with van der Waals surface area (Å²) in [6.45, 7) is 0. The highest BCUT2D eigenvalue weighted by molar-refractivity contribution is 9.10. The van der Waals surface area contributed by atoms with E-state index in [1.54, 1.807) is 0 Å². The fraction of sp³-hybridized carbons (Fsp3) is 0. The van der Waals surface area contributed by atoms with Gasteiger partial charge < -0.3 is 0 Å². The third kappa shape index (κ3) is 1.90. The van der Waals surface area contributed by atoms with Crippen molar-refractivity contribution in [3.8, 4) is 33.4 Å². The van der Waals surface area contributed by atoms with E-state index < -0.39 is 0 Å². The van der Waals surface area contributed by atoms with E-state index in [2.05, 4.69) is 94.8 Å². The fourth-order valence-corrected chi connectivity index (χ4v) is 4.04. The minimum Gasteiger partial charge on any atom is -0.0610 e. The van der Waals surface area contributed by atoms with Crippen LogP contribution in [0, 0.1) is 0 Å². The Bertz CT molecular complexity index is 1070. The molecule has 0 heterocycles. The van der Waals surface area contributed by atoms with Gasteiger partial charge in [-0.1, -0.05) is 76.6 Å². The second-order valence-corrected chi connectivity index (χ2v) is 6.90. The Kier molecular flexibility index (Phi) is 2.74. The van der Waals surface area contributed by atoms with Crippen LogP contribution in [0.15, 0.2) is 83.3 Å². The predicted molar refractivity (Wildman–Crippen MR) is 102 cm³/mol. The number of hydrogen-bond acceptors (Lipinski definition) is 0. The molecule has 0 aliphatic heterocycles. The summed E-state index contributed by atoms with van der Waals surface area (Å²) in [5, 5.41) is 2.71. The first-order valence-electron chi connectivity index (χ1n) is 7.74. The van der Waals surface area contributed by atoms with Crippen molar-refractivity contribution in [3.63, 3.8) is 0 Å². The first-order chi connectivity index (χ1) is 11.3. The zero-order valence-corrected chi connectivity index (χ0v) is 14.0. The molecule has 0 amide bonds. The Hall–Kier alpha value is -2.38. The summed E-state index contributed by atoms with van der Waals surface area (Å²) < 4.78 is 1.11. The number of fused-ring (bicyclic) bond motifs is 3. The van der Waals surface area contributed by atoms with Gasteiger partial charge in [0.25, 0.3) is 0 Å². The highest BCUT2D eigenvalue weighted by atomic mass is 79.9. The summed E-state index contributed by atoms with van der Waals surface area (Å²) >= 11 is 3.57. The summed E-state index contributed by atoms with van der Waals surface area (Å²) in [6.07, 6.45) is 0. The van der Waals surface area contributed by atoms with Crippen LogP contribution < -0.4 is 0 Å². The van der Waals surface area contributed by atoms with Crippen molar-refractivity contribution >= 4 is 26.7 Å². The van der Waals surface area contributed by atoms with Crippen LogP contribution in [0.25, 0.3) is 44.2 Å². The van der Waals surface area contributed by atoms with E-state index in [0.717, 1.165) is 4.47 Å². The van der Waals surface area contributed by atoms with Crippen molar-refractivity contribution in [1.29, 1.82) is 0 Å². The minimum absolute atomic E-state index is 1.11. The Morgan fingerprint density at radius 2 is 1.22 bits per heavy atom. The van der Waals surface area contributed by atoms with Crippen LogP contribution in [-0.2, 0) is 0 Å².